The van der Waals surface area contributed by atoms with Crippen molar-refractivity contribution in [3.05, 3.63) is 53.6 Å². The molecule has 2 aromatic rings. The quantitative estimate of drug-likeness (QED) is 0.718. The number of nitrogens with zero attached hydrogens (tertiary/aromatic N) is 1. The Kier molecular flexibility index (Phi) is 6.54. The normalized spacial score (nSPS) is 16.7. The molecule has 0 bridgehead atoms. The van der Waals surface area contributed by atoms with Crippen LogP contribution in [0.2, 0.25) is 5.02 Å². The Morgan fingerprint density at radius 2 is 1.97 bits per heavy atom. The molecule has 1 N–H and O–H groups in total. The molecule has 1 aliphatic heterocycles. The number of anilines is 1. The van der Waals surface area contributed by atoms with E-state index in [2.05, 4.69) is 5.32 Å². The highest BCUT2D eigenvalue weighted by Gasteiger charge is 2.32. The van der Waals surface area contributed by atoms with Gasteiger partial charge in [-0.05, 0) is 36.8 Å². The maximum Gasteiger partial charge on any atom is 0.244 e. The van der Waals surface area contributed by atoms with Crippen molar-refractivity contribution in [3.63, 3.8) is 0 Å². The van der Waals surface area contributed by atoms with E-state index in [0.29, 0.717) is 22.2 Å². The Morgan fingerprint density at radius 3 is 2.62 bits per heavy atom. The number of hydrogen-bond donors (Lipinski definition) is 1. The van der Waals surface area contributed by atoms with Gasteiger partial charge in [-0.2, -0.15) is 0 Å². The average Bonchev–Trinajstić information content (AvgIpc) is 2.69. The minimum atomic E-state index is -3.72. The molecule has 7 nitrogen and oxygen atoms in total. The summed E-state index contributed by atoms with van der Waals surface area (Å²) < 4.78 is 37.5. The number of benzene rings is 2. The van der Waals surface area contributed by atoms with E-state index < -0.39 is 22.0 Å². The molecule has 0 saturated carbocycles. The number of hydrogen-bond acceptors (Lipinski definition) is 5. The minimum absolute atomic E-state index is 0.191. The van der Waals surface area contributed by atoms with Gasteiger partial charge in [-0.1, -0.05) is 36.7 Å². The number of sulfonamides is 1. The van der Waals surface area contributed by atoms with Gasteiger partial charge in [0.25, 0.3) is 0 Å². The minimum Gasteiger partial charge on any atom is -0.486 e. The number of halogens is 1. The summed E-state index contributed by atoms with van der Waals surface area (Å²) in [6, 6.07) is 12.8. The highest BCUT2D eigenvalue weighted by atomic mass is 35.5. The zero-order chi connectivity index (χ0) is 21.0. The third-order valence-electron chi connectivity index (χ3n) is 4.46. The standard InChI is InChI=1S/C20H23ClN2O5S/c1-3-17(23(29(2,25)26)15-8-6-7-14(21)11-15)20(24)22-12-16-13-27-18-9-4-5-10-19(18)28-16/h4-11,16-17H,3,12-13H2,1-2H3,(H,22,24). The highest BCUT2D eigenvalue weighted by molar-refractivity contribution is 7.92. The van der Waals surface area contributed by atoms with Crippen molar-refractivity contribution in [2.75, 3.05) is 23.7 Å². The molecule has 3 rings (SSSR count). The van der Waals surface area contributed by atoms with Crippen molar-refractivity contribution < 1.29 is 22.7 Å². The third-order valence-corrected chi connectivity index (χ3v) is 5.88. The molecular formula is C20H23ClN2O5S. The second-order valence-electron chi connectivity index (χ2n) is 6.71. The van der Waals surface area contributed by atoms with Crippen molar-refractivity contribution in [2.45, 2.75) is 25.5 Å². The van der Waals surface area contributed by atoms with Gasteiger partial charge in [0.1, 0.15) is 18.8 Å². The summed E-state index contributed by atoms with van der Waals surface area (Å²) in [5.74, 6) is 0.854. The molecule has 0 saturated heterocycles. The molecule has 0 radical (unpaired) electrons. The van der Waals surface area contributed by atoms with Crippen LogP contribution in [0, 0.1) is 0 Å². The molecule has 156 valence electrons. The monoisotopic (exact) mass is 438 g/mol. The zero-order valence-electron chi connectivity index (χ0n) is 16.2. The summed E-state index contributed by atoms with van der Waals surface area (Å²) in [5.41, 5.74) is 0.341. The lowest BCUT2D eigenvalue weighted by molar-refractivity contribution is -0.122. The molecule has 2 unspecified atom stereocenters. The first-order valence-corrected chi connectivity index (χ1v) is 11.4. The molecule has 29 heavy (non-hydrogen) atoms. The summed E-state index contributed by atoms with van der Waals surface area (Å²) in [6.07, 6.45) is 0.985. The van der Waals surface area contributed by atoms with Crippen LogP contribution in [0.4, 0.5) is 5.69 Å². The fourth-order valence-electron chi connectivity index (χ4n) is 3.17. The summed E-state index contributed by atoms with van der Waals surface area (Å²) >= 11 is 6.02. The van der Waals surface area contributed by atoms with Crippen LogP contribution >= 0.6 is 11.6 Å². The van der Waals surface area contributed by atoms with E-state index in [1.165, 1.54) is 6.07 Å². The van der Waals surface area contributed by atoms with Crippen LogP contribution < -0.4 is 19.1 Å². The van der Waals surface area contributed by atoms with Crippen LogP contribution in [0.25, 0.3) is 0 Å². The fraction of sp³-hybridized carbons (Fsp3) is 0.350. The summed E-state index contributed by atoms with van der Waals surface area (Å²) in [7, 11) is -3.72. The SMILES string of the molecule is CCC(C(=O)NCC1COc2ccccc2O1)N(c1cccc(Cl)c1)S(C)(=O)=O. The maximum atomic E-state index is 12.9. The van der Waals surface area contributed by atoms with Gasteiger partial charge in [0.15, 0.2) is 11.5 Å². The lowest BCUT2D eigenvalue weighted by Gasteiger charge is -2.31. The third kappa shape index (κ3) is 5.13. The van der Waals surface area contributed by atoms with E-state index in [4.69, 9.17) is 21.1 Å². The topological polar surface area (TPSA) is 84.9 Å². The maximum absolute atomic E-state index is 12.9. The first-order chi connectivity index (χ1) is 13.8. The van der Waals surface area contributed by atoms with E-state index in [1.807, 2.05) is 18.2 Å². The van der Waals surface area contributed by atoms with Crippen molar-refractivity contribution in [2.24, 2.45) is 0 Å². The van der Waals surface area contributed by atoms with E-state index in [-0.39, 0.29) is 25.7 Å². The molecule has 0 spiro atoms. The van der Waals surface area contributed by atoms with Gasteiger partial charge in [0.05, 0.1) is 18.5 Å². The Bertz CT molecular complexity index is 982. The molecule has 0 aromatic heterocycles. The lowest BCUT2D eigenvalue weighted by atomic mass is 10.2. The number of carbonyl (C=O) groups is 1. The Morgan fingerprint density at radius 1 is 1.24 bits per heavy atom. The zero-order valence-corrected chi connectivity index (χ0v) is 17.7. The Balaban J connectivity index is 1.72. The summed E-state index contributed by atoms with van der Waals surface area (Å²) in [4.78, 5) is 12.9. The molecular weight excluding hydrogens is 416 g/mol. The van der Waals surface area contributed by atoms with Crippen LogP contribution in [-0.4, -0.2) is 45.9 Å². The number of amides is 1. The summed E-state index contributed by atoms with van der Waals surface area (Å²) in [6.45, 7) is 2.23. The van der Waals surface area contributed by atoms with Gasteiger partial charge in [-0.3, -0.25) is 9.10 Å². The predicted octanol–water partition coefficient (Wildman–Crippen LogP) is 2.84. The van der Waals surface area contributed by atoms with Gasteiger partial charge < -0.3 is 14.8 Å². The Hall–Kier alpha value is -2.45. The number of nitrogens with one attached hydrogen (secondary N) is 1. The van der Waals surface area contributed by atoms with Crippen molar-refractivity contribution in [1.82, 2.24) is 5.32 Å². The average molecular weight is 439 g/mol. The van der Waals surface area contributed by atoms with Crippen LogP contribution in [0.15, 0.2) is 48.5 Å². The lowest BCUT2D eigenvalue weighted by Crippen LogP contribution is -2.51. The number of fused-ring (bicyclic) bond motifs is 1. The van der Waals surface area contributed by atoms with Gasteiger partial charge in [-0.15, -0.1) is 0 Å². The van der Waals surface area contributed by atoms with Crippen molar-refractivity contribution in [3.8, 4) is 11.5 Å². The second-order valence-corrected chi connectivity index (χ2v) is 9.00. The van der Waals surface area contributed by atoms with E-state index >= 15 is 0 Å². The van der Waals surface area contributed by atoms with Crippen LogP contribution in [0.1, 0.15) is 13.3 Å². The molecule has 1 heterocycles. The molecule has 0 fully saturated rings. The van der Waals surface area contributed by atoms with Crippen LogP contribution in [0.5, 0.6) is 11.5 Å². The molecule has 1 amide bonds. The predicted molar refractivity (Wildman–Crippen MR) is 112 cm³/mol. The first-order valence-electron chi connectivity index (χ1n) is 9.20. The van der Waals surface area contributed by atoms with E-state index in [0.717, 1.165) is 10.6 Å². The van der Waals surface area contributed by atoms with Gasteiger partial charge >= 0.3 is 0 Å². The number of carbonyl (C=O) groups excluding carboxylic acids is 1. The van der Waals surface area contributed by atoms with Crippen molar-refractivity contribution in [1.29, 1.82) is 0 Å². The first kappa shape index (κ1) is 21.3. The van der Waals surface area contributed by atoms with Gasteiger partial charge in [0.2, 0.25) is 15.9 Å². The van der Waals surface area contributed by atoms with Crippen LogP contribution in [0.3, 0.4) is 0 Å². The molecule has 1 aliphatic rings. The van der Waals surface area contributed by atoms with Gasteiger partial charge in [-0.25, -0.2) is 8.42 Å². The number of para-hydroxylation sites is 2. The molecule has 2 aromatic carbocycles. The molecule has 0 aliphatic carbocycles. The Labute approximate surface area is 175 Å². The second kappa shape index (κ2) is 8.92. The van der Waals surface area contributed by atoms with E-state index in [9.17, 15) is 13.2 Å². The summed E-state index contributed by atoms with van der Waals surface area (Å²) in [5, 5.41) is 3.17. The molecule has 2 atom stereocenters. The largest absolute Gasteiger partial charge is 0.486 e. The highest BCUT2D eigenvalue weighted by Crippen LogP contribution is 2.30. The van der Waals surface area contributed by atoms with Crippen LogP contribution in [-0.2, 0) is 14.8 Å². The number of ether oxygens (including phenoxy) is 2. The molecule has 9 heteroatoms. The van der Waals surface area contributed by atoms with Crippen molar-refractivity contribution >= 4 is 33.2 Å². The fourth-order valence-corrected chi connectivity index (χ4v) is 4.56. The van der Waals surface area contributed by atoms with E-state index in [1.54, 1.807) is 31.2 Å². The van der Waals surface area contributed by atoms with Gasteiger partial charge in [0, 0.05) is 5.02 Å². The number of rotatable bonds is 7. The smallest absolute Gasteiger partial charge is 0.244 e.